The van der Waals surface area contributed by atoms with Crippen LogP contribution in [0.15, 0.2) is 17.7 Å². The van der Waals surface area contributed by atoms with Crippen LogP contribution in [0.2, 0.25) is 0 Å². The summed E-state index contributed by atoms with van der Waals surface area (Å²) >= 11 is 0. The van der Waals surface area contributed by atoms with Crippen LogP contribution in [0.5, 0.6) is 0 Å². The average Bonchev–Trinajstić information content (AvgIpc) is 3.37. The maximum Gasteiger partial charge on any atom is 0.207 e. The smallest absolute Gasteiger partial charge is 0.207 e. The van der Waals surface area contributed by atoms with Crippen molar-refractivity contribution in [1.29, 1.82) is 0 Å². The van der Waals surface area contributed by atoms with Crippen LogP contribution in [0.3, 0.4) is 0 Å². The second-order valence-electron chi connectivity index (χ2n) is 15.6. The average molecular weight is 533 g/mol. The fraction of sp³-hybridized carbons (Fsp3) is 0.750. The van der Waals surface area contributed by atoms with Gasteiger partial charge in [0.05, 0.1) is 5.57 Å². The third-order valence-corrected chi connectivity index (χ3v) is 13.0. The molecule has 0 radical (unpaired) electrons. The number of carbonyl (C=O) groups is 3. The monoisotopic (exact) mass is 532 g/mol. The summed E-state index contributed by atoms with van der Waals surface area (Å²) in [6.45, 7) is 17.4. The molecule has 3 fully saturated rings. The van der Waals surface area contributed by atoms with E-state index in [1.54, 1.807) is 6.92 Å². The second-order valence-corrected chi connectivity index (χ2v) is 15.6. The first-order valence-corrected chi connectivity index (χ1v) is 14.8. The van der Waals surface area contributed by atoms with Gasteiger partial charge >= 0.3 is 0 Å². The highest BCUT2D eigenvalue weighted by Gasteiger charge is 2.70. The van der Waals surface area contributed by atoms with E-state index in [1.807, 2.05) is 19.9 Å². The lowest BCUT2D eigenvalue weighted by Gasteiger charge is -2.69. The Hall–Kier alpha value is -2.44. The molecule has 7 heteroatoms. The first-order valence-electron chi connectivity index (χ1n) is 14.8. The number of hydrogen-bond acceptors (Lipinski definition) is 6. The van der Waals surface area contributed by atoms with Crippen molar-refractivity contribution in [2.24, 2.45) is 50.2 Å². The number of Topliss-reactive ketones (excluding diaryl/α,β-unsaturated/α-hetero) is 2. The lowest BCUT2D eigenvalue weighted by Crippen LogP contribution is -2.65. The normalized spacial score (nSPS) is 44.3. The largest absolute Gasteiger partial charge is 0.299 e. The van der Waals surface area contributed by atoms with Gasteiger partial charge in [-0.25, -0.2) is 0 Å². The van der Waals surface area contributed by atoms with Gasteiger partial charge in [-0.15, -0.1) is 10.2 Å². The molecule has 1 aromatic rings. The van der Waals surface area contributed by atoms with Crippen LogP contribution in [0.1, 0.15) is 106 Å². The number of aromatic nitrogens is 4. The predicted molar refractivity (Wildman–Crippen MR) is 148 cm³/mol. The number of allylic oxidation sites excluding steroid dienone is 4. The van der Waals surface area contributed by atoms with Crippen molar-refractivity contribution in [3.05, 3.63) is 23.5 Å². The van der Waals surface area contributed by atoms with Crippen molar-refractivity contribution >= 4 is 22.9 Å². The molecule has 3 saturated carbocycles. The molecule has 210 valence electrons. The van der Waals surface area contributed by atoms with Gasteiger partial charge in [0, 0.05) is 22.2 Å². The molecular formula is C32H44N4O3. The summed E-state index contributed by atoms with van der Waals surface area (Å²) in [5.41, 5.74) is -0.234. The Bertz CT molecular complexity index is 1340. The number of tetrazole rings is 1. The van der Waals surface area contributed by atoms with Crippen LogP contribution in [-0.2, 0) is 14.4 Å². The van der Waals surface area contributed by atoms with Crippen molar-refractivity contribution in [2.75, 3.05) is 0 Å². The van der Waals surface area contributed by atoms with Gasteiger partial charge in [0.25, 0.3) is 0 Å². The van der Waals surface area contributed by atoms with E-state index in [0.29, 0.717) is 11.4 Å². The van der Waals surface area contributed by atoms with Crippen molar-refractivity contribution in [3.8, 4) is 0 Å². The molecule has 0 amide bonds. The Kier molecular flexibility index (Phi) is 5.39. The summed E-state index contributed by atoms with van der Waals surface area (Å²) in [7, 11) is 0. The molecular weight excluding hydrogens is 488 g/mol. The molecule has 39 heavy (non-hydrogen) atoms. The number of rotatable bonds is 2. The molecule has 1 aromatic heterocycles. The Balaban J connectivity index is 1.54. The van der Waals surface area contributed by atoms with E-state index in [4.69, 9.17) is 0 Å². The zero-order chi connectivity index (χ0) is 28.4. The van der Waals surface area contributed by atoms with Gasteiger partial charge in [0.2, 0.25) is 5.82 Å². The minimum absolute atomic E-state index is 0.0372. The maximum atomic E-state index is 14.5. The number of fused-ring (bicyclic) bond motifs is 7. The zero-order valence-corrected chi connectivity index (χ0v) is 24.9. The Morgan fingerprint density at radius 1 is 0.974 bits per heavy atom. The summed E-state index contributed by atoms with van der Waals surface area (Å²) in [5, 5.41) is 14.6. The van der Waals surface area contributed by atoms with Crippen molar-refractivity contribution in [2.45, 2.75) is 100 Å². The Labute approximate surface area is 232 Å². The summed E-state index contributed by atoms with van der Waals surface area (Å²) in [6, 6.07) is 0. The maximum absolute atomic E-state index is 14.5. The highest BCUT2D eigenvalue weighted by atomic mass is 16.1. The minimum atomic E-state index is -0.633. The molecule has 0 spiro atoms. The van der Waals surface area contributed by atoms with Gasteiger partial charge in [-0.1, -0.05) is 60.1 Å². The molecule has 0 unspecified atom stereocenters. The van der Waals surface area contributed by atoms with Gasteiger partial charge in [-0.2, -0.15) is 5.21 Å². The summed E-state index contributed by atoms with van der Waals surface area (Å²) in [5.74, 6) is 0.782. The van der Waals surface area contributed by atoms with E-state index in [0.717, 1.165) is 50.5 Å². The highest BCUT2D eigenvalue weighted by Crippen LogP contribution is 2.74. The van der Waals surface area contributed by atoms with Gasteiger partial charge in [0.15, 0.2) is 11.6 Å². The molecule has 0 bridgehead atoms. The number of carbonyl (C=O) groups excluding carboxylic acids is 3. The first kappa shape index (κ1) is 26.8. The van der Waals surface area contributed by atoms with Crippen LogP contribution >= 0.6 is 0 Å². The molecule has 7 nitrogen and oxygen atoms in total. The highest BCUT2D eigenvalue weighted by molar-refractivity contribution is 6.23. The molecule has 6 rings (SSSR count). The van der Waals surface area contributed by atoms with Crippen molar-refractivity contribution in [1.82, 2.24) is 20.6 Å². The number of H-pyrrole nitrogens is 1. The number of nitrogens with one attached hydrogen (secondary N) is 1. The van der Waals surface area contributed by atoms with E-state index >= 15 is 0 Å². The number of nitrogens with zero attached hydrogens (tertiary/aromatic N) is 3. The minimum Gasteiger partial charge on any atom is -0.299 e. The van der Waals surface area contributed by atoms with E-state index in [-0.39, 0.29) is 56.8 Å². The first-order chi connectivity index (χ1) is 18.0. The topological polar surface area (TPSA) is 106 Å². The standard InChI is InChI=1S/C32H44N4O3/c1-18(37)32-13-11-27(2,3)17-20(32)24-21(38)15-23-29(6)16-19(26-33-35-36-34-26)25(39)28(4,5)22(29)9-10-30(23,7)31(24,8)12-14-32/h15-16,20,22,24H,9-14,17H2,1-8H3,(H,33,34,35,36)/t20-,22-,24-,29-,30+,31+,32+/m0/s1. The molecule has 1 heterocycles. The molecule has 5 aliphatic carbocycles. The van der Waals surface area contributed by atoms with Crippen LogP contribution in [0.25, 0.3) is 5.57 Å². The third kappa shape index (κ3) is 3.22. The molecule has 1 N–H and O–H groups in total. The number of aromatic amines is 1. The summed E-state index contributed by atoms with van der Waals surface area (Å²) in [6.07, 6.45) is 10.4. The van der Waals surface area contributed by atoms with E-state index < -0.39 is 10.8 Å². The third-order valence-electron chi connectivity index (χ3n) is 13.0. The van der Waals surface area contributed by atoms with E-state index in [2.05, 4.69) is 61.3 Å². The molecule has 0 aromatic carbocycles. The van der Waals surface area contributed by atoms with E-state index in [1.165, 1.54) is 0 Å². The molecule has 0 saturated heterocycles. The lowest BCUT2D eigenvalue weighted by molar-refractivity contribution is -0.176. The van der Waals surface area contributed by atoms with Gasteiger partial charge in [-0.3, -0.25) is 14.4 Å². The molecule has 5 aliphatic rings. The van der Waals surface area contributed by atoms with Crippen LogP contribution < -0.4 is 0 Å². The van der Waals surface area contributed by atoms with Crippen molar-refractivity contribution in [3.63, 3.8) is 0 Å². The van der Waals surface area contributed by atoms with Crippen LogP contribution in [-0.4, -0.2) is 38.0 Å². The zero-order valence-electron chi connectivity index (χ0n) is 24.9. The van der Waals surface area contributed by atoms with Gasteiger partial charge in [-0.05, 0) is 91.2 Å². The van der Waals surface area contributed by atoms with Crippen LogP contribution in [0, 0.1) is 50.2 Å². The number of hydrogen-bond donors (Lipinski definition) is 1. The number of ketones is 3. The quantitative estimate of drug-likeness (QED) is 0.505. The Morgan fingerprint density at radius 2 is 1.67 bits per heavy atom. The lowest BCUT2D eigenvalue weighted by atomic mass is 9.34. The van der Waals surface area contributed by atoms with Crippen molar-refractivity contribution < 1.29 is 14.4 Å². The second kappa shape index (κ2) is 7.85. The summed E-state index contributed by atoms with van der Waals surface area (Å²) < 4.78 is 0. The molecule has 0 aliphatic heterocycles. The van der Waals surface area contributed by atoms with E-state index in [9.17, 15) is 14.4 Å². The van der Waals surface area contributed by atoms with Crippen LogP contribution in [0.4, 0.5) is 0 Å². The SMILES string of the molecule is CC(=O)[C@]12CCC(C)(C)C[C@H]1[C@H]1C(=O)C=C3[C@@]4(C)C=C(c5nn[nH]n5)C(=O)C(C)(C)[C@@H]4CC[C@@]3(C)[C@]1(C)CC2. The fourth-order valence-corrected chi connectivity index (χ4v) is 10.6. The Morgan fingerprint density at radius 3 is 2.31 bits per heavy atom. The molecule has 7 atom stereocenters. The van der Waals surface area contributed by atoms with Gasteiger partial charge < -0.3 is 0 Å². The van der Waals surface area contributed by atoms with Gasteiger partial charge in [0.1, 0.15) is 5.78 Å². The summed E-state index contributed by atoms with van der Waals surface area (Å²) in [4.78, 5) is 41.6. The predicted octanol–water partition coefficient (Wildman–Crippen LogP) is 5.94. The fourth-order valence-electron chi connectivity index (χ4n) is 10.6.